The molecule has 0 saturated heterocycles. The summed E-state index contributed by atoms with van der Waals surface area (Å²) >= 11 is 0. The minimum absolute atomic E-state index is 0.108. The number of aromatic nitrogens is 2. The van der Waals surface area contributed by atoms with Crippen molar-refractivity contribution in [2.45, 2.75) is 89.8 Å². The topological polar surface area (TPSA) is 67.2 Å². The van der Waals surface area contributed by atoms with Crippen LogP contribution in [0.1, 0.15) is 82.4 Å². The molecule has 2 aromatic rings. The smallest absolute Gasteiger partial charge is 0.277 e. The van der Waals surface area contributed by atoms with Crippen LogP contribution in [0.5, 0.6) is 0 Å². The van der Waals surface area contributed by atoms with Crippen molar-refractivity contribution in [3.63, 3.8) is 0 Å². The lowest BCUT2D eigenvalue weighted by Gasteiger charge is -2.43. The van der Waals surface area contributed by atoms with Gasteiger partial charge in [0.15, 0.2) is 0 Å². The Bertz CT molecular complexity index is 1000. The van der Waals surface area contributed by atoms with E-state index in [0.717, 1.165) is 31.4 Å². The molecule has 2 heterocycles. The van der Waals surface area contributed by atoms with E-state index in [4.69, 9.17) is 0 Å². The number of carbonyl (C=O) groups is 2. The summed E-state index contributed by atoms with van der Waals surface area (Å²) in [5.41, 5.74) is 0.326. The number of nitrogens with zero attached hydrogens (tertiary/aromatic N) is 3. The van der Waals surface area contributed by atoms with Crippen molar-refractivity contribution in [2.24, 2.45) is 0 Å². The number of benzene rings is 1. The van der Waals surface area contributed by atoms with Crippen molar-refractivity contribution < 1.29 is 14.0 Å². The van der Waals surface area contributed by atoms with Gasteiger partial charge in [-0.2, -0.15) is 5.10 Å². The third-order valence-electron chi connectivity index (χ3n) is 6.69. The summed E-state index contributed by atoms with van der Waals surface area (Å²) in [4.78, 5) is 28.9. The van der Waals surface area contributed by atoms with E-state index in [1.54, 1.807) is 23.7 Å². The fraction of sp³-hybridized carbons (Fsp3) is 0.560. The largest absolute Gasteiger partial charge is 0.351 e. The Morgan fingerprint density at radius 1 is 1.12 bits per heavy atom. The van der Waals surface area contributed by atoms with Gasteiger partial charge in [-0.05, 0) is 50.1 Å². The van der Waals surface area contributed by atoms with E-state index in [9.17, 15) is 14.0 Å². The van der Waals surface area contributed by atoms with Gasteiger partial charge in [-0.1, -0.05) is 46.5 Å². The molecule has 4 rings (SSSR count). The fourth-order valence-corrected chi connectivity index (χ4v) is 4.71. The van der Waals surface area contributed by atoms with Gasteiger partial charge in [0.2, 0.25) is 5.91 Å². The molecule has 1 aromatic carbocycles. The lowest BCUT2D eigenvalue weighted by molar-refractivity contribution is -0.127. The highest BCUT2D eigenvalue weighted by Crippen LogP contribution is 2.35. The SMILES string of the molecule is CC(C)(C)c1cc2n(n1)C[C@@](C)(C(=O)NC1CCCCCC1)N(c1ccc(F)cc1)C2=O. The zero-order chi connectivity index (χ0) is 23.1. The Morgan fingerprint density at radius 3 is 2.34 bits per heavy atom. The van der Waals surface area contributed by atoms with Gasteiger partial charge in [0.25, 0.3) is 5.91 Å². The summed E-state index contributed by atoms with van der Waals surface area (Å²) in [6.45, 7) is 8.15. The molecule has 7 heteroatoms. The Morgan fingerprint density at radius 2 is 1.75 bits per heavy atom. The first kappa shape index (κ1) is 22.5. The van der Waals surface area contributed by atoms with Crippen LogP contribution >= 0.6 is 0 Å². The van der Waals surface area contributed by atoms with Crippen LogP contribution in [0.2, 0.25) is 0 Å². The first-order chi connectivity index (χ1) is 15.1. The van der Waals surface area contributed by atoms with Crippen LogP contribution in [0.25, 0.3) is 0 Å². The summed E-state index contributed by atoms with van der Waals surface area (Å²) in [6, 6.07) is 7.66. The number of amides is 2. The molecule has 1 aromatic heterocycles. The molecule has 1 fully saturated rings. The molecule has 1 N–H and O–H groups in total. The van der Waals surface area contributed by atoms with E-state index in [0.29, 0.717) is 11.4 Å². The lowest BCUT2D eigenvalue weighted by atomic mass is 9.91. The predicted octanol–water partition coefficient (Wildman–Crippen LogP) is 4.58. The average molecular weight is 441 g/mol. The standard InChI is InChI=1S/C25H33FN4O2/c1-24(2,3)21-15-20-22(31)30(19-13-11-17(26)12-14-19)25(4,16-29(20)28-21)23(32)27-18-9-7-5-6-8-10-18/h11-15,18H,5-10,16H2,1-4H3,(H,27,32)/t25-/m0/s1. The first-order valence-electron chi connectivity index (χ1n) is 11.6. The maximum Gasteiger partial charge on any atom is 0.277 e. The zero-order valence-corrected chi connectivity index (χ0v) is 19.4. The van der Waals surface area contributed by atoms with Crippen molar-refractivity contribution in [1.29, 1.82) is 0 Å². The van der Waals surface area contributed by atoms with Crippen molar-refractivity contribution in [3.05, 3.63) is 47.5 Å². The minimum atomic E-state index is -1.19. The van der Waals surface area contributed by atoms with Crippen molar-refractivity contribution in [2.75, 3.05) is 4.90 Å². The predicted molar refractivity (Wildman–Crippen MR) is 122 cm³/mol. The van der Waals surface area contributed by atoms with Gasteiger partial charge in [0, 0.05) is 17.1 Å². The van der Waals surface area contributed by atoms with Crippen LogP contribution in [0.4, 0.5) is 10.1 Å². The van der Waals surface area contributed by atoms with Gasteiger partial charge in [-0.15, -0.1) is 0 Å². The number of nitrogens with one attached hydrogen (secondary N) is 1. The van der Waals surface area contributed by atoms with Crippen molar-refractivity contribution in [1.82, 2.24) is 15.1 Å². The molecule has 1 atom stereocenters. The molecule has 6 nitrogen and oxygen atoms in total. The molecule has 32 heavy (non-hydrogen) atoms. The van der Waals surface area contributed by atoms with Crippen LogP contribution in [-0.2, 0) is 16.8 Å². The van der Waals surface area contributed by atoms with E-state index >= 15 is 0 Å². The lowest BCUT2D eigenvalue weighted by Crippen LogP contribution is -2.65. The molecule has 1 aliphatic heterocycles. The number of hydrogen-bond donors (Lipinski definition) is 1. The van der Waals surface area contributed by atoms with Gasteiger partial charge in [0.1, 0.15) is 17.1 Å². The summed E-state index contributed by atoms with van der Waals surface area (Å²) in [5, 5.41) is 7.90. The number of anilines is 1. The van der Waals surface area contributed by atoms with Gasteiger partial charge >= 0.3 is 0 Å². The van der Waals surface area contributed by atoms with E-state index < -0.39 is 5.54 Å². The number of rotatable bonds is 3. The molecular formula is C25H33FN4O2. The van der Waals surface area contributed by atoms with Gasteiger partial charge in [-0.25, -0.2) is 4.39 Å². The molecule has 2 amide bonds. The Kier molecular flexibility index (Phi) is 5.86. The summed E-state index contributed by atoms with van der Waals surface area (Å²) in [6.07, 6.45) is 6.48. The number of carbonyl (C=O) groups excluding carboxylic acids is 2. The molecule has 0 bridgehead atoms. The fourth-order valence-electron chi connectivity index (χ4n) is 4.71. The van der Waals surface area contributed by atoms with E-state index in [2.05, 4.69) is 10.4 Å². The highest BCUT2D eigenvalue weighted by molar-refractivity contribution is 6.11. The zero-order valence-electron chi connectivity index (χ0n) is 19.4. The highest BCUT2D eigenvalue weighted by atomic mass is 19.1. The summed E-state index contributed by atoms with van der Waals surface area (Å²) < 4.78 is 15.3. The van der Waals surface area contributed by atoms with E-state index in [-0.39, 0.29) is 35.6 Å². The third-order valence-corrected chi connectivity index (χ3v) is 6.69. The van der Waals surface area contributed by atoms with Gasteiger partial charge < -0.3 is 5.32 Å². The molecule has 1 saturated carbocycles. The maximum absolute atomic E-state index is 13.7. The Balaban J connectivity index is 1.74. The third kappa shape index (κ3) is 4.17. The first-order valence-corrected chi connectivity index (χ1v) is 11.6. The summed E-state index contributed by atoms with van der Waals surface area (Å²) in [7, 11) is 0. The quantitative estimate of drug-likeness (QED) is 0.711. The second kappa shape index (κ2) is 8.34. The normalized spacial score (nSPS) is 22.4. The van der Waals surface area contributed by atoms with Crippen molar-refractivity contribution >= 4 is 17.5 Å². The van der Waals surface area contributed by atoms with Crippen LogP contribution in [0.3, 0.4) is 0 Å². The number of hydrogen-bond acceptors (Lipinski definition) is 3. The van der Waals surface area contributed by atoms with Crippen molar-refractivity contribution in [3.8, 4) is 0 Å². The average Bonchev–Trinajstić information content (AvgIpc) is 3.00. The molecule has 2 aliphatic rings. The monoisotopic (exact) mass is 440 g/mol. The molecule has 172 valence electrons. The van der Waals surface area contributed by atoms with Crippen LogP contribution in [0.15, 0.2) is 30.3 Å². The van der Waals surface area contributed by atoms with E-state index in [1.807, 2.05) is 26.8 Å². The molecular weight excluding hydrogens is 407 g/mol. The molecule has 0 spiro atoms. The summed E-state index contributed by atoms with van der Waals surface area (Å²) in [5.74, 6) is -0.882. The Labute approximate surface area is 189 Å². The van der Waals surface area contributed by atoms with E-state index in [1.165, 1.54) is 29.9 Å². The second-order valence-corrected chi connectivity index (χ2v) is 10.4. The van der Waals surface area contributed by atoms with Gasteiger partial charge in [-0.3, -0.25) is 19.2 Å². The molecule has 1 aliphatic carbocycles. The molecule has 0 radical (unpaired) electrons. The van der Waals surface area contributed by atoms with Crippen LogP contribution in [-0.4, -0.2) is 33.2 Å². The number of halogens is 1. The minimum Gasteiger partial charge on any atom is -0.351 e. The highest BCUT2D eigenvalue weighted by Gasteiger charge is 2.49. The second-order valence-electron chi connectivity index (χ2n) is 10.4. The van der Waals surface area contributed by atoms with Crippen LogP contribution < -0.4 is 10.2 Å². The Hall–Kier alpha value is -2.70. The molecule has 0 unspecified atom stereocenters. The van der Waals surface area contributed by atoms with Gasteiger partial charge in [0.05, 0.1) is 12.2 Å². The maximum atomic E-state index is 13.7. The van der Waals surface area contributed by atoms with Crippen LogP contribution in [0, 0.1) is 5.82 Å². The number of fused-ring (bicyclic) bond motifs is 1.